The number of hydrogen-bond acceptors (Lipinski definition) is 4. The van der Waals surface area contributed by atoms with Gasteiger partial charge in [0.1, 0.15) is 0 Å². The fourth-order valence-corrected chi connectivity index (χ4v) is 3.22. The number of thiophene rings is 1. The van der Waals surface area contributed by atoms with Gasteiger partial charge in [0.05, 0.1) is 11.4 Å². The van der Waals surface area contributed by atoms with E-state index in [0.29, 0.717) is 12.0 Å². The molecule has 2 unspecified atom stereocenters. The van der Waals surface area contributed by atoms with E-state index in [9.17, 15) is 0 Å². The van der Waals surface area contributed by atoms with E-state index < -0.39 is 0 Å². The first-order valence-electron chi connectivity index (χ1n) is 6.66. The van der Waals surface area contributed by atoms with Crippen LogP contribution in [0.4, 0.5) is 0 Å². The van der Waals surface area contributed by atoms with Crippen LogP contribution in [0.15, 0.2) is 29.9 Å². The SMILES string of the molecule is Cc1nccnc1C(C)NC(c1cccs1)C(C)C. The average Bonchev–Trinajstić information content (AvgIpc) is 2.89. The molecule has 2 atom stereocenters. The standard InChI is InChI=1S/C15H21N3S/c1-10(2)14(13-6-5-9-19-13)18-12(4)15-11(3)16-7-8-17-15/h5-10,12,14,18H,1-4H3. The van der Waals surface area contributed by atoms with Crippen molar-refractivity contribution in [1.82, 2.24) is 15.3 Å². The van der Waals surface area contributed by atoms with E-state index >= 15 is 0 Å². The summed E-state index contributed by atoms with van der Waals surface area (Å²) >= 11 is 1.80. The van der Waals surface area contributed by atoms with Gasteiger partial charge in [0.2, 0.25) is 0 Å². The first kappa shape index (κ1) is 14.2. The summed E-state index contributed by atoms with van der Waals surface area (Å²) in [6, 6.07) is 4.85. The van der Waals surface area contributed by atoms with Crippen LogP contribution in [0.25, 0.3) is 0 Å². The summed E-state index contributed by atoms with van der Waals surface area (Å²) < 4.78 is 0. The van der Waals surface area contributed by atoms with E-state index in [1.807, 2.05) is 6.92 Å². The number of rotatable bonds is 5. The van der Waals surface area contributed by atoms with Crippen LogP contribution in [0, 0.1) is 12.8 Å². The molecule has 0 saturated heterocycles. The van der Waals surface area contributed by atoms with E-state index in [1.54, 1.807) is 23.7 Å². The monoisotopic (exact) mass is 275 g/mol. The lowest BCUT2D eigenvalue weighted by Crippen LogP contribution is -2.28. The first-order chi connectivity index (χ1) is 9.09. The molecule has 0 aliphatic heterocycles. The Balaban J connectivity index is 2.16. The van der Waals surface area contributed by atoms with Gasteiger partial charge in [-0.2, -0.15) is 0 Å². The lowest BCUT2D eigenvalue weighted by Gasteiger charge is -2.26. The predicted molar refractivity (Wildman–Crippen MR) is 80.2 cm³/mol. The van der Waals surface area contributed by atoms with Gasteiger partial charge in [-0.25, -0.2) is 0 Å². The molecular weight excluding hydrogens is 254 g/mol. The van der Waals surface area contributed by atoms with E-state index in [2.05, 4.69) is 53.6 Å². The van der Waals surface area contributed by atoms with Gasteiger partial charge < -0.3 is 5.32 Å². The first-order valence-corrected chi connectivity index (χ1v) is 7.54. The summed E-state index contributed by atoms with van der Waals surface area (Å²) in [7, 11) is 0. The molecule has 3 nitrogen and oxygen atoms in total. The zero-order valence-electron chi connectivity index (χ0n) is 11.9. The molecule has 0 aromatic carbocycles. The van der Waals surface area contributed by atoms with E-state index in [1.165, 1.54) is 4.88 Å². The minimum atomic E-state index is 0.197. The molecule has 0 aliphatic rings. The van der Waals surface area contributed by atoms with Crippen LogP contribution in [0.2, 0.25) is 0 Å². The Morgan fingerprint density at radius 2 is 1.89 bits per heavy atom. The van der Waals surface area contributed by atoms with Crippen molar-refractivity contribution >= 4 is 11.3 Å². The number of aromatic nitrogens is 2. The quantitative estimate of drug-likeness (QED) is 0.899. The summed E-state index contributed by atoms with van der Waals surface area (Å²) in [5.41, 5.74) is 2.03. The largest absolute Gasteiger partial charge is 0.301 e. The molecule has 2 rings (SSSR count). The van der Waals surface area contributed by atoms with E-state index in [-0.39, 0.29) is 6.04 Å². The summed E-state index contributed by atoms with van der Waals surface area (Å²) in [5.74, 6) is 0.540. The van der Waals surface area contributed by atoms with Crippen LogP contribution < -0.4 is 5.32 Å². The van der Waals surface area contributed by atoms with Gasteiger partial charge in [-0.3, -0.25) is 9.97 Å². The normalized spacial score (nSPS) is 14.6. The molecule has 1 N–H and O–H groups in total. The Labute approximate surface area is 119 Å². The van der Waals surface area contributed by atoms with E-state index in [0.717, 1.165) is 11.4 Å². The third-order valence-electron chi connectivity index (χ3n) is 3.28. The summed E-state index contributed by atoms with van der Waals surface area (Å²) in [6.07, 6.45) is 3.50. The van der Waals surface area contributed by atoms with Crippen molar-refractivity contribution in [1.29, 1.82) is 0 Å². The molecule has 2 heterocycles. The van der Waals surface area contributed by atoms with Crippen LogP contribution in [0.1, 0.15) is 49.1 Å². The topological polar surface area (TPSA) is 37.8 Å². The molecule has 0 radical (unpaired) electrons. The zero-order valence-corrected chi connectivity index (χ0v) is 12.7. The van der Waals surface area contributed by atoms with Crippen molar-refractivity contribution in [3.05, 3.63) is 46.2 Å². The van der Waals surface area contributed by atoms with Gasteiger partial charge in [-0.1, -0.05) is 19.9 Å². The molecule has 0 amide bonds. The van der Waals surface area contributed by atoms with Crippen LogP contribution >= 0.6 is 11.3 Å². The van der Waals surface area contributed by atoms with Crippen molar-refractivity contribution in [3.8, 4) is 0 Å². The van der Waals surface area contributed by atoms with Crippen LogP contribution in [-0.4, -0.2) is 9.97 Å². The van der Waals surface area contributed by atoms with Gasteiger partial charge >= 0.3 is 0 Å². The highest BCUT2D eigenvalue weighted by atomic mass is 32.1. The lowest BCUT2D eigenvalue weighted by molar-refractivity contribution is 0.374. The Bertz CT molecular complexity index is 508. The summed E-state index contributed by atoms with van der Waals surface area (Å²) in [4.78, 5) is 10.1. The van der Waals surface area contributed by atoms with Crippen molar-refractivity contribution < 1.29 is 0 Å². The Hall–Kier alpha value is -1.26. The molecule has 19 heavy (non-hydrogen) atoms. The van der Waals surface area contributed by atoms with Crippen LogP contribution in [-0.2, 0) is 0 Å². The molecule has 0 aliphatic carbocycles. The third-order valence-corrected chi connectivity index (χ3v) is 4.23. The minimum Gasteiger partial charge on any atom is -0.301 e. The van der Waals surface area contributed by atoms with Crippen molar-refractivity contribution in [2.24, 2.45) is 5.92 Å². The highest BCUT2D eigenvalue weighted by molar-refractivity contribution is 7.10. The Morgan fingerprint density at radius 3 is 2.47 bits per heavy atom. The van der Waals surface area contributed by atoms with Gasteiger partial charge in [0.25, 0.3) is 0 Å². The number of nitrogens with zero attached hydrogens (tertiary/aromatic N) is 2. The van der Waals surface area contributed by atoms with Crippen molar-refractivity contribution in [3.63, 3.8) is 0 Å². The van der Waals surface area contributed by atoms with Crippen LogP contribution in [0.5, 0.6) is 0 Å². The predicted octanol–water partition coefficient (Wildman–Crippen LogP) is 3.89. The zero-order chi connectivity index (χ0) is 13.8. The summed E-state index contributed by atoms with van der Waals surface area (Å²) in [6.45, 7) is 8.65. The maximum absolute atomic E-state index is 4.45. The Kier molecular flexibility index (Phi) is 4.66. The van der Waals surface area contributed by atoms with Crippen molar-refractivity contribution in [2.45, 2.75) is 39.8 Å². The Morgan fingerprint density at radius 1 is 1.16 bits per heavy atom. The molecule has 2 aromatic rings. The third kappa shape index (κ3) is 3.39. The molecule has 0 saturated carbocycles. The highest BCUT2D eigenvalue weighted by Gasteiger charge is 2.21. The maximum atomic E-state index is 4.45. The van der Waals surface area contributed by atoms with Crippen molar-refractivity contribution in [2.75, 3.05) is 0 Å². The lowest BCUT2D eigenvalue weighted by atomic mass is 10.0. The second-order valence-electron chi connectivity index (χ2n) is 5.15. The number of nitrogens with one attached hydrogen (secondary N) is 1. The molecule has 0 spiro atoms. The second-order valence-corrected chi connectivity index (χ2v) is 6.13. The second kappa shape index (κ2) is 6.26. The highest BCUT2D eigenvalue weighted by Crippen LogP contribution is 2.28. The van der Waals surface area contributed by atoms with Gasteiger partial charge in [-0.05, 0) is 31.2 Å². The number of hydrogen-bond donors (Lipinski definition) is 1. The van der Waals surface area contributed by atoms with Gasteiger partial charge in [0, 0.05) is 29.4 Å². The molecular formula is C15H21N3S. The van der Waals surface area contributed by atoms with Gasteiger partial charge in [0.15, 0.2) is 0 Å². The maximum Gasteiger partial charge on any atom is 0.0782 e. The van der Waals surface area contributed by atoms with Gasteiger partial charge in [-0.15, -0.1) is 11.3 Å². The minimum absolute atomic E-state index is 0.197. The molecule has 0 fully saturated rings. The molecule has 4 heteroatoms. The average molecular weight is 275 g/mol. The molecule has 2 aromatic heterocycles. The van der Waals surface area contributed by atoms with E-state index in [4.69, 9.17) is 0 Å². The molecule has 0 bridgehead atoms. The fourth-order valence-electron chi connectivity index (χ4n) is 2.26. The number of aryl methyl sites for hydroxylation is 1. The fraction of sp³-hybridized carbons (Fsp3) is 0.467. The van der Waals surface area contributed by atoms with Crippen LogP contribution in [0.3, 0.4) is 0 Å². The molecule has 102 valence electrons. The summed E-state index contributed by atoms with van der Waals surface area (Å²) in [5, 5.41) is 5.81. The smallest absolute Gasteiger partial charge is 0.0782 e.